The topological polar surface area (TPSA) is 93.4 Å². The van der Waals surface area contributed by atoms with E-state index < -0.39 is 5.92 Å². The zero-order valence-corrected chi connectivity index (χ0v) is 14.3. The van der Waals surface area contributed by atoms with E-state index in [-0.39, 0.29) is 24.6 Å². The Morgan fingerprint density at radius 2 is 1.96 bits per heavy atom. The number of benzene rings is 1. The molecule has 24 heavy (non-hydrogen) atoms. The van der Waals surface area contributed by atoms with Crippen LogP contribution in [-0.2, 0) is 9.53 Å². The van der Waals surface area contributed by atoms with E-state index in [1.54, 1.807) is 26.0 Å². The molecule has 0 aliphatic heterocycles. The summed E-state index contributed by atoms with van der Waals surface area (Å²) in [7, 11) is 3.06. The maximum Gasteiger partial charge on any atom is 0.306 e. The molecule has 2 rings (SSSR count). The number of aromatic nitrogens is 2. The molecule has 0 radical (unpaired) electrons. The van der Waals surface area contributed by atoms with Crippen LogP contribution in [0, 0.1) is 6.92 Å². The lowest BCUT2D eigenvalue weighted by atomic mass is 9.88. The van der Waals surface area contributed by atoms with Crippen LogP contribution in [0.4, 0.5) is 0 Å². The largest absolute Gasteiger partial charge is 0.493 e. The molecule has 0 bridgehead atoms. The Labute approximate surface area is 139 Å². The van der Waals surface area contributed by atoms with Gasteiger partial charge in [0.1, 0.15) is 0 Å². The van der Waals surface area contributed by atoms with Crippen LogP contribution in [0.1, 0.15) is 36.1 Å². The predicted octanol–water partition coefficient (Wildman–Crippen LogP) is 2.11. The molecule has 7 nitrogen and oxygen atoms in total. The first kappa shape index (κ1) is 17.7. The second-order valence-corrected chi connectivity index (χ2v) is 5.26. The van der Waals surface area contributed by atoms with Crippen molar-refractivity contribution < 1.29 is 19.0 Å². The molecule has 1 aromatic heterocycles. The number of esters is 1. The number of nitrogens with one attached hydrogen (secondary N) is 2. The van der Waals surface area contributed by atoms with E-state index in [1.165, 1.54) is 14.2 Å². The molecule has 0 saturated carbocycles. The summed E-state index contributed by atoms with van der Waals surface area (Å²) >= 11 is 0. The number of aryl methyl sites for hydroxylation is 1. The minimum absolute atomic E-state index is 0.0269. The normalized spacial score (nSPS) is 11.8. The number of rotatable bonds is 7. The molecular formula is C17H22N2O5. The number of methoxy groups -OCH3 is 2. The van der Waals surface area contributed by atoms with Crippen molar-refractivity contribution >= 4 is 5.97 Å². The Hall–Kier alpha value is -2.70. The van der Waals surface area contributed by atoms with Crippen LogP contribution >= 0.6 is 0 Å². The van der Waals surface area contributed by atoms with Crippen LogP contribution in [0.2, 0.25) is 0 Å². The Morgan fingerprint density at radius 3 is 2.50 bits per heavy atom. The van der Waals surface area contributed by atoms with Crippen LogP contribution in [0.15, 0.2) is 23.0 Å². The second-order valence-electron chi connectivity index (χ2n) is 5.26. The van der Waals surface area contributed by atoms with Gasteiger partial charge < -0.3 is 19.3 Å². The summed E-state index contributed by atoms with van der Waals surface area (Å²) in [6.07, 6.45) is 0.0269. The molecule has 2 N–H and O–H groups in total. The fraction of sp³-hybridized carbons (Fsp3) is 0.412. The van der Waals surface area contributed by atoms with Gasteiger partial charge >= 0.3 is 5.97 Å². The molecule has 0 aliphatic rings. The van der Waals surface area contributed by atoms with Crippen molar-refractivity contribution in [3.05, 3.63) is 45.4 Å². The molecule has 1 aromatic carbocycles. The lowest BCUT2D eigenvalue weighted by molar-refractivity contribution is -0.143. The van der Waals surface area contributed by atoms with Crippen LogP contribution in [0.25, 0.3) is 0 Å². The quantitative estimate of drug-likeness (QED) is 0.757. The zero-order valence-electron chi connectivity index (χ0n) is 14.3. The van der Waals surface area contributed by atoms with Crippen LogP contribution < -0.4 is 15.0 Å². The summed E-state index contributed by atoms with van der Waals surface area (Å²) in [5.74, 6) is 0.138. The maximum atomic E-state index is 12.2. The molecule has 0 spiro atoms. The molecular weight excluding hydrogens is 312 g/mol. The van der Waals surface area contributed by atoms with Gasteiger partial charge in [0, 0.05) is 22.7 Å². The smallest absolute Gasteiger partial charge is 0.306 e. The van der Waals surface area contributed by atoms with Crippen molar-refractivity contribution in [3.8, 4) is 11.5 Å². The van der Waals surface area contributed by atoms with Gasteiger partial charge in [0.15, 0.2) is 11.5 Å². The first-order valence-electron chi connectivity index (χ1n) is 7.67. The Morgan fingerprint density at radius 1 is 1.21 bits per heavy atom. The van der Waals surface area contributed by atoms with Crippen molar-refractivity contribution in [2.45, 2.75) is 26.2 Å². The third-order valence-electron chi connectivity index (χ3n) is 3.85. The molecule has 0 aliphatic carbocycles. The highest BCUT2D eigenvalue weighted by Gasteiger charge is 2.28. The Bertz CT molecular complexity index is 763. The third kappa shape index (κ3) is 3.45. The van der Waals surface area contributed by atoms with Crippen molar-refractivity contribution in [2.75, 3.05) is 20.8 Å². The number of H-pyrrole nitrogens is 2. The Balaban J connectivity index is 2.59. The second kappa shape index (κ2) is 7.72. The van der Waals surface area contributed by atoms with Gasteiger partial charge in [0.05, 0.1) is 27.2 Å². The van der Waals surface area contributed by atoms with Crippen molar-refractivity contribution in [3.63, 3.8) is 0 Å². The van der Waals surface area contributed by atoms with Gasteiger partial charge in [-0.3, -0.25) is 14.7 Å². The fourth-order valence-corrected chi connectivity index (χ4v) is 2.82. The van der Waals surface area contributed by atoms with Crippen LogP contribution in [-0.4, -0.2) is 37.0 Å². The highest BCUT2D eigenvalue weighted by molar-refractivity contribution is 5.72. The lowest BCUT2D eigenvalue weighted by Gasteiger charge is -2.20. The first-order chi connectivity index (χ1) is 11.5. The fourth-order valence-electron chi connectivity index (χ4n) is 2.82. The standard InChI is InChI=1S/C17H22N2O5/c1-5-24-14(20)9-12(15-10(2)18-19-17(15)21)11-7-6-8-13(22-3)16(11)23-4/h6-8,12H,5,9H2,1-4H3,(H2,18,19,21)/t12-/m0/s1. The SMILES string of the molecule is CCOC(=O)C[C@@H](c1cccc(OC)c1OC)c1c(C)[nH][nH]c1=O. The molecule has 7 heteroatoms. The minimum atomic E-state index is -0.510. The molecule has 0 fully saturated rings. The van der Waals surface area contributed by atoms with Crippen molar-refractivity contribution in [2.24, 2.45) is 0 Å². The lowest BCUT2D eigenvalue weighted by Crippen LogP contribution is -2.18. The summed E-state index contributed by atoms with van der Waals surface area (Å²) in [4.78, 5) is 24.3. The molecule has 0 amide bonds. The number of para-hydroxylation sites is 1. The van der Waals surface area contributed by atoms with E-state index in [9.17, 15) is 9.59 Å². The van der Waals surface area contributed by atoms with Gasteiger partial charge in [-0.2, -0.15) is 0 Å². The number of ether oxygens (including phenoxy) is 3. The molecule has 1 heterocycles. The highest BCUT2D eigenvalue weighted by atomic mass is 16.5. The number of carbonyl (C=O) groups is 1. The molecule has 130 valence electrons. The van der Waals surface area contributed by atoms with E-state index in [2.05, 4.69) is 10.2 Å². The average molecular weight is 334 g/mol. The highest BCUT2D eigenvalue weighted by Crippen LogP contribution is 2.39. The Kier molecular flexibility index (Phi) is 5.68. The van der Waals surface area contributed by atoms with E-state index in [0.717, 1.165) is 0 Å². The van der Waals surface area contributed by atoms with Gasteiger partial charge in [-0.1, -0.05) is 12.1 Å². The van der Waals surface area contributed by atoms with E-state index in [1.807, 2.05) is 6.07 Å². The number of hydrogen-bond acceptors (Lipinski definition) is 5. The van der Waals surface area contributed by atoms with E-state index in [0.29, 0.717) is 28.3 Å². The summed E-state index contributed by atoms with van der Waals surface area (Å²) in [6.45, 7) is 3.80. The van der Waals surface area contributed by atoms with Gasteiger partial charge in [-0.15, -0.1) is 0 Å². The van der Waals surface area contributed by atoms with Gasteiger partial charge in [0.2, 0.25) is 0 Å². The molecule has 2 aromatic rings. The van der Waals surface area contributed by atoms with Crippen molar-refractivity contribution in [1.82, 2.24) is 10.2 Å². The average Bonchev–Trinajstić information content (AvgIpc) is 2.91. The number of carbonyl (C=O) groups excluding carboxylic acids is 1. The van der Waals surface area contributed by atoms with Gasteiger partial charge in [-0.25, -0.2) is 0 Å². The third-order valence-corrected chi connectivity index (χ3v) is 3.85. The first-order valence-corrected chi connectivity index (χ1v) is 7.67. The van der Waals surface area contributed by atoms with E-state index >= 15 is 0 Å². The number of aromatic amines is 2. The predicted molar refractivity (Wildman–Crippen MR) is 88.8 cm³/mol. The summed E-state index contributed by atoms with van der Waals surface area (Å²) in [6, 6.07) is 5.38. The summed E-state index contributed by atoms with van der Waals surface area (Å²) in [5.41, 5.74) is 1.57. The minimum Gasteiger partial charge on any atom is -0.493 e. The number of hydrogen-bond donors (Lipinski definition) is 2. The molecule has 1 atom stereocenters. The van der Waals surface area contributed by atoms with Gasteiger partial charge in [-0.05, 0) is 19.9 Å². The van der Waals surface area contributed by atoms with Crippen LogP contribution in [0.5, 0.6) is 11.5 Å². The zero-order chi connectivity index (χ0) is 17.7. The summed E-state index contributed by atoms with van der Waals surface area (Å²) < 4.78 is 15.9. The van der Waals surface area contributed by atoms with E-state index in [4.69, 9.17) is 14.2 Å². The molecule has 0 unspecified atom stereocenters. The maximum absolute atomic E-state index is 12.2. The molecule has 0 saturated heterocycles. The van der Waals surface area contributed by atoms with Crippen LogP contribution in [0.3, 0.4) is 0 Å². The van der Waals surface area contributed by atoms with Gasteiger partial charge in [0.25, 0.3) is 5.56 Å². The summed E-state index contributed by atoms with van der Waals surface area (Å²) in [5, 5.41) is 5.35. The monoisotopic (exact) mass is 334 g/mol. The van der Waals surface area contributed by atoms with Crippen molar-refractivity contribution in [1.29, 1.82) is 0 Å².